The molecule has 208 valence electrons. The highest BCUT2D eigenvalue weighted by Crippen LogP contribution is 2.27. The number of piperidine rings is 1. The Morgan fingerprint density at radius 1 is 1.02 bits per heavy atom. The zero-order valence-corrected chi connectivity index (χ0v) is 22.4. The van der Waals surface area contributed by atoms with Gasteiger partial charge in [0.25, 0.3) is 11.5 Å². The number of amides is 4. The van der Waals surface area contributed by atoms with Crippen molar-refractivity contribution < 1.29 is 24.3 Å². The minimum Gasteiger partial charge on any atom is -0.507 e. The number of fused-ring (bicyclic) bond motifs is 1. The first-order chi connectivity index (χ1) is 19.6. The molecule has 11 nitrogen and oxygen atoms in total. The molecule has 0 saturated carbocycles. The van der Waals surface area contributed by atoms with Gasteiger partial charge in [0.2, 0.25) is 17.7 Å². The summed E-state index contributed by atoms with van der Waals surface area (Å²) < 4.78 is 1.26. The summed E-state index contributed by atoms with van der Waals surface area (Å²) in [6.07, 6.45) is 0.445. The molecule has 5 rings (SSSR count). The van der Waals surface area contributed by atoms with Gasteiger partial charge in [0.05, 0.1) is 23.1 Å². The molecule has 0 bridgehead atoms. The maximum Gasteiger partial charge on any atom is 0.262 e. The normalized spacial score (nSPS) is 14.9. The molecule has 3 aromatic carbocycles. The van der Waals surface area contributed by atoms with E-state index in [0.717, 1.165) is 11.1 Å². The van der Waals surface area contributed by atoms with E-state index in [1.807, 2.05) is 31.2 Å². The van der Waals surface area contributed by atoms with E-state index in [-0.39, 0.29) is 58.9 Å². The number of nitrogens with one attached hydrogen (secondary N) is 3. The number of benzene rings is 3. The third kappa shape index (κ3) is 5.55. The monoisotopic (exact) mass is 553 g/mol. The topological polar surface area (TPSA) is 159 Å². The smallest absolute Gasteiger partial charge is 0.262 e. The molecule has 11 heteroatoms. The molecule has 4 amide bonds. The highest BCUT2D eigenvalue weighted by molar-refractivity contribution is 6.10. The lowest BCUT2D eigenvalue weighted by Gasteiger charge is -2.24. The first-order valence-corrected chi connectivity index (χ1v) is 13.0. The number of aryl methyl sites for hydroxylation is 2. The fourth-order valence-corrected chi connectivity index (χ4v) is 4.90. The number of para-hydroxylation sites is 1. The molecule has 0 aliphatic carbocycles. The molecule has 0 spiro atoms. The van der Waals surface area contributed by atoms with E-state index in [0.29, 0.717) is 5.69 Å². The SMILES string of the molecule is Cc1ccccc1CC(=O)Nc1ccc(C(=O)Nc2cccc3c(=O)n(C4CCC(=O)NC4=O)c(C)nc23)c(O)c1. The Morgan fingerprint density at radius 3 is 2.54 bits per heavy atom. The number of hydrogen-bond acceptors (Lipinski definition) is 7. The van der Waals surface area contributed by atoms with Crippen LogP contribution in [0, 0.1) is 13.8 Å². The van der Waals surface area contributed by atoms with Gasteiger partial charge < -0.3 is 15.7 Å². The van der Waals surface area contributed by atoms with Crippen molar-refractivity contribution in [3.05, 3.63) is 93.5 Å². The largest absolute Gasteiger partial charge is 0.507 e. The number of phenolic OH excluding ortho intramolecular Hbond substituents is 1. The molecule has 4 N–H and O–H groups in total. The van der Waals surface area contributed by atoms with E-state index in [1.165, 1.54) is 28.8 Å². The zero-order chi connectivity index (χ0) is 29.3. The lowest BCUT2D eigenvalue weighted by Crippen LogP contribution is -2.45. The number of phenols is 1. The van der Waals surface area contributed by atoms with Crippen LogP contribution in [0.15, 0.2) is 65.5 Å². The second-order valence-electron chi connectivity index (χ2n) is 9.84. The lowest BCUT2D eigenvalue weighted by molar-refractivity contribution is -0.135. The van der Waals surface area contributed by atoms with Crippen LogP contribution in [0.25, 0.3) is 10.9 Å². The lowest BCUT2D eigenvalue weighted by atomic mass is 10.1. The van der Waals surface area contributed by atoms with Crippen LogP contribution in [0.2, 0.25) is 0 Å². The van der Waals surface area contributed by atoms with Crippen LogP contribution in [-0.4, -0.2) is 38.3 Å². The van der Waals surface area contributed by atoms with Gasteiger partial charge >= 0.3 is 0 Å². The van der Waals surface area contributed by atoms with Crippen molar-refractivity contribution in [2.24, 2.45) is 0 Å². The quantitative estimate of drug-likeness (QED) is 0.267. The molecule has 1 aliphatic rings. The maximum absolute atomic E-state index is 13.4. The van der Waals surface area contributed by atoms with Gasteiger partial charge in [-0.05, 0) is 55.7 Å². The number of nitrogens with zero attached hydrogens (tertiary/aromatic N) is 2. The highest BCUT2D eigenvalue weighted by Gasteiger charge is 2.30. The molecule has 1 unspecified atom stereocenters. The molecule has 2 heterocycles. The van der Waals surface area contributed by atoms with Crippen LogP contribution < -0.4 is 21.5 Å². The summed E-state index contributed by atoms with van der Waals surface area (Å²) in [5.41, 5.74) is 2.12. The summed E-state index contributed by atoms with van der Waals surface area (Å²) in [6, 6.07) is 15.5. The second kappa shape index (κ2) is 11.0. The van der Waals surface area contributed by atoms with Gasteiger partial charge in [-0.1, -0.05) is 30.3 Å². The predicted octanol–water partition coefficient (Wildman–Crippen LogP) is 3.13. The molecule has 1 atom stereocenters. The molecule has 1 fully saturated rings. The van der Waals surface area contributed by atoms with Gasteiger partial charge in [-0.25, -0.2) is 4.98 Å². The standard InChI is InChI=1S/C30H27N5O6/c1-16-6-3-4-7-18(16)14-26(38)32-19-10-11-20(24(36)15-19)28(39)33-22-9-5-8-21-27(22)31-17(2)35(30(21)41)23-12-13-25(37)34-29(23)40/h3-11,15,23,36H,12-14H2,1-2H3,(H,32,38)(H,33,39)(H,34,37,40). The van der Waals surface area contributed by atoms with E-state index < -0.39 is 29.3 Å². The first kappa shape index (κ1) is 27.3. The predicted molar refractivity (Wildman–Crippen MR) is 152 cm³/mol. The molecule has 4 aromatic rings. The number of aromatic nitrogens is 2. The molecule has 41 heavy (non-hydrogen) atoms. The van der Waals surface area contributed by atoms with Crippen LogP contribution in [0.1, 0.15) is 46.2 Å². The Balaban J connectivity index is 1.36. The van der Waals surface area contributed by atoms with Gasteiger partial charge in [0.1, 0.15) is 23.1 Å². The summed E-state index contributed by atoms with van der Waals surface area (Å²) in [5.74, 6) is -1.98. The number of imide groups is 1. The number of hydrogen-bond donors (Lipinski definition) is 4. The third-order valence-corrected chi connectivity index (χ3v) is 7.02. The number of aromatic hydroxyl groups is 1. The Hall–Kier alpha value is -5.32. The summed E-state index contributed by atoms with van der Waals surface area (Å²) in [4.78, 5) is 67.4. The molecule has 1 aromatic heterocycles. The van der Waals surface area contributed by atoms with Crippen LogP contribution in [0.4, 0.5) is 11.4 Å². The molecular formula is C30H27N5O6. The van der Waals surface area contributed by atoms with Gasteiger partial charge in [-0.15, -0.1) is 0 Å². The minimum atomic E-state index is -0.872. The van der Waals surface area contributed by atoms with E-state index in [1.54, 1.807) is 19.1 Å². The average molecular weight is 554 g/mol. The van der Waals surface area contributed by atoms with Crippen LogP contribution in [0.3, 0.4) is 0 Å². The Bertz CT molecular complexity index is 1790. The Morgan fingerprint density at radius 2 is 1.80 bits per heavy atom. The number of carbonyl (C=O) groups excluding carboxylic acids is 4. The molecular weight excluding hydrogens is 526 g/mol. The van der Waals surface area contributed by atoms with Gasteiger partial charge in [-0.3, -0.25) is 33.9 Å². The van der Waals surface area contributed by atoms with Crippen molar-refractivity contribution in [2.75, 3.05) is 10.6 Å². The number of anilines is 2. The van der Waals surface area contributed by atoms with Crippen molar-refractivity contribution in [2.45, 2.75) is 39.2 Å². The summed E-state index contributed by atoms with van der Waals surface area (Å²) in [5, 5.41) is 18.4. The zero-order valence-electron chi connectivity index (χ0n) is 22.4. The van der Waals surface area contributed by atoms with E-state index in [4.69, 9.17) is 0 Å². The van der Waals surface area contributed by atoms with Crippen LogP contribution in [-0.2, 0) is 20.8 Å². The van der Waals surface area contributed by atoms with Crippen molar-refractivity contribution in [1.29, 1.82) is 0 Å². The first-order valence-electron chi connectivity index (χ1n) is 13.0. The van der Waals surface area contributed by atoms with Gasteiger partial charge in [0.15, 0.2) is 0 Å². The summed E-state index contributed by atoms with van der Waals surface area (Å²) in [6.45, 7) is 3.49. The number of carbonyl (C=O) groups is 4. The maximum atomic E-state index is 13.4. The Labute approximate surface area is 234 Å². The minimum absolute atomic E-state index is 0.0486. The number of rotatable bonds is 6. The highest BCUT2D eigenvalue weighted by atomic mass is 16.3. The van der Waals surface area contributed by atoms with Gasteiger partial charge in [-0.2, -0.15) is 0 Å². The van der Waals surface area contributed by atoms with E-state index in [2.05, 4.69) is 20.9 Å². The fourth-order valence-electron chi connectivity index (χ4n) is 4.90. The summed E-state index contributed by atoms with van der Waals surface area (Å²) >= 11 is 0. The van der Waals surface area contributed by atoms with Gasteiger partial charge in [0, 0.05) is 18.2 Å². The molecule has 0 radical (unpaired) electrons. The third-order valence-electron chi connectivity index (χ3n) is 7.02. The second-order valence-corrected chi connectivity index (χ2v) is 9.84. The van der Waals surface area contributed by atoms with Crippen molar-refractivity contribution in [3.8, 4) is 5.75 Å². The molecule has 1 aliphatic heterocycles. The Kier molecular flexibility index (Phi) is 7.34. The summed E-state index contributed by atoms with van der Waals surface area (Å²) in [7, 11) is 0. The van der Waals surface area contributed by atoms with Crippen molar-refractivity contribution in [3.63, 3.8) is 0 Å². The van der Waals surface area contributed by atoms with Crippen LogP contribution in [0.5, 0.6) is 5.75 Å². The van der Waals surface area contributed by atoms with Crippen molar-refractivity contribution in [1.82, 2.24) is 14.9 Å². The van der Waals surface area contributed by atoms with Crippen molar-refractivity contribution >= 4 is 45.9 Å². The fraction of sp³-hybridized carbons (Fsp3) is 0.200. The van der Waals surface area contributed by atoms with Crippen LogP contribution >= 0.6 is 0 Å². The molecule has 1 saturated heterocycles. The van der Waals surface area contributed by atoms with E-state index >= 15 is 0 Å². The average Bonchev–Trinajstić information content (AvgIpc) is 2.91. The van der Waals surface area contributed by atoms with E-state index in [9.17, 15) is 29.1 Å².